The minimum atomic E-state index is -0.0252. The second-order valence-electron chi connectivity index (χ2n) is 5.45. The van der Waals surface area contributed by atoms with Gasteiger partial charge in [0.05, 0.1) is 19.3 Å². The van der Waals surface area contributed by atoms with E-state index in [2.05, 4.69) is 11.8 Å². The van der Waals surface area contributed by atoms with Crippen molar-refractivity contribution < 1.29 is 14.6 Å². The molecule has 2 saturated heterocycles. The third-order valence-corrected chi connectivity index (χ3v) is 3.97. The molecule has 0 aliphatic carbocycles. The molecule has 0 amide bonds. The summed E-state index contributed by atoms with van der Waals surface area (Å²) in [7, 11) is 0. The molecule has 2 atom stereocenters. The standard InChI is InChI=1S/C13H25NO3/c1-2-12-8-14(5-3-6-17-12)9-13(10-15)4-7-16-11-13/h12,15H,2-11H2,1H3. The molecule has 2 aliphatic heterocycles. The van der Waals surface area contributed by atoms with Crippen molar-refractivity contribution in [1.82, 2.24) is 4.90 Å². The zero-order valence-electron chi connectivity index (χ0n) is 10.9. The summed E-state index contributed by atoms with van der Waals surface area (Å²) < 4.78 is 11.2. The first kappa shape index (κ1) is 13.3. The quantitative estimate of drug-likeness (QED) is 0.796. The summed E-state index contributed by atoms with van der Waals surface area (Å²) in [5.41, 5.74) is -0.0252. The molecule has 4 nitrogen and oxygen atoms in total. The first-order chi connectivity index (χ1) is 8.28. The van der Waals surface area contributed by atoms with Gasteiger partial charge in [-0.05, 0) is 19.3 Å². The molecule has 2 aliphatic rings. The predicted octanol–water partition coefficient (Wildman–Crippen LogP) is 0.886. The summed E-state index contributed by atoms with van der Waals surface area (Å²) in [5, 5.41) is 9.60. The average molecular weight is 243 g/mol. The smallest absolute Gasteiger partial charge is 0.0699 e. The van der Waals surface area contributed by atoms with Crippen LogP contribution in [0.15, 0.2) is 0 Å². The Hall–Kier alpha value is -0.160. The molecule has 0 aromatic rings. The summed E-state index contributed by atoms with van der Waals surface area (Å²) in [5.74, 6) is 0. The fourth-order valence-electron chi connectivity index (χ4n) is 2.78. The third-order valence-electron chi connectivity index (χ3n) is 3.97. The van der Waals surface area contributed by atoms with Crippen LogP contribution in [0.1, 0.15) is 26.2 Å². The Kier molecular flexibility index (Phi) is 4.79. The van der Waals surface area contributed by atoms with Crippen LogP contribution in [0.4, 0.5) is 0 Å². The first-order valence-electron chi connectivity index (χ1n) is 6.80. The van der Waals surface area contributed by atoms with Crippen molar-refractivity contribution in [3.8, 4) is 0 Å². The fourth-order valence-corrected chi connectivity index (χ4v) is 2.78. The van der Waals surface area contributed by atoms with Gasteiger partial charge >= 0.3 is 0 Å². The molecule has 0 aromatic heterocycles. The second kappa shape index (κ2) is 6.14. The SMILES string of the molecule is CCC1CN(CC2(CO)CCOC2)CCCO1. The van der Waals surface area contributed by atoms with Crippen LogP contribution in [-0.4, -0.2) is 62.2 Å². The van der Waals surface area contributed by atoms with Crippen molar-refractivity contribution in [2.24, 2.45) is 5.41 Å². The van der Waals surface area contributed by atoms with E-state index in [-0.39, 0.29) is 12.0 Å². The highest BCUT2D eigenvalue weighted by Gasteiger charge is 2.36. The van der Waals surface area contributed by atoms with Crippen LogP contribution in [0.2, 0.25) is 0 Å². The number of hydrogen-bond donors (Lipinski definition) is 1. The van der Waals surface area contributed by atoms with Crippen LogP contribution in [0, 0.1) is 5.41 Å². The van der Waals surface area contributed by atoms with Crippen LogP contribution in [-0.2, 0) is 9.47 Å². The largest absolute Gasteiger partial charge is 0.396 e. The number of nitrogens with zero attached hydrogens (tertiary/aromatic N) is 1. The zero-order valence-corrected chi connectivity index (χ0v) is 10.9. The lowest BCUT2D eigenvalue weighted by molar-refractivity contribution is 0.0288. The maximum Gasteiger partial charge on any atom is 0.0699 e. The van der Waals surface area contributed by atoms with Gasteiger partial charge in [-0.3, -0.25) is 4.90 Å². The molecule has 2 fully saturated rings. The fraction of sp³-hybridized carbons (Fsp3) is 1.00. The van der Waals surface area contributed by atoms with E-state index in [1.54, 1.807) is 0 Å². The van der Waals surface area contributed by atoms with Crippen LogP contribution < -0.4 is 0 Å². The minimum Gasteiger partial charge on any atom is -0.396 e. The van der Waals surface area contributed by atoms with Crippen molar-refractivity contribution in [3.63, 3.8) is 0 Å². The molecule has 2 unspecified atom stereocenters. The van der Waals surface area contributed by atoms with Crippen molar-refractivity contribution in [1.29, 1.82) is 0 Å². The monoisotopic (exact) mass is 243 g/mol. The Morgan fingerprint density at radius 2 is 2.29 bits per heavy atom. The zero-order chi connectivity index (χ0) is 12.1. The highest BCUT2D eigenvalue weighted by Crippen LogP contribution is 2.29. The van der Waals surface area contributed by atoms with Gasteiger partial charge in [0.2, 0.25) is 0 Å². The molecule has 100 valence electrons. The lowest BCUT2D eigenvalue weighted by Gasteiger charge is -2.33. The number of hydrogen-bond acceptors (Lipinski definition) is 4. The molecule has 1 N–H and O–H groups in total. The highest BCUT2D eigenvalue weighted by molar-refractivity contribution is 4.87. The lowest BCUT2D eigenvalue weighted by atomic mass is 9.87. The number of aliphatic hydroxyl groups is 1. The lowest BCUT2D eigenvalue weighted by Crippen LogP contribution is -2.43. The minimum absolute atomic E-state index is 0.0252. The molecule has 0 radical (unpaired) electrons. The Morgan fingerprint density at radius 1 is 1.41 bits per heavy atom. The van der Waals surface area contributed by atoms with Crippen LogP contribution in [0.25, 0.3) is 0 Å². The molecule has 0 bridgehead atoms. The van der Waals surface area contributed by atoms with E-state index in [0.29, 0.717) is 12.7 Å². The Labute approximate surface area is 104 Å². The summed E-state index contributed by atoms with van der Waals surface area (Å²) in [6.45, 7) is 7.81. The Bertz CT molecular complexity index is 229. The van der Waals surface area contributed by atoms with Gasteiger partial charge in [-0.15, -0.1) is 0 Å². The molecular weight excluding hydrogens is 218 g/mol. The van der Waals surface area contributed by atoms with E-state index in [0.717, 1.165) is 52.1 Å². The molecule has 4 heteroatoms. The maximum atomic E-state index is 9.60. The summed E-state index contributed by atoms with van der Waals surface area (Å²) in [6, 6.07) is 0. The molecule has 0 aromatic carbocycles. The van der Waals surface area contributed by atoms with Gasteiger partial charge < -0.3 is 14.6 Å². The second-order valence-corrected chi connectivity index (χ2v) is 5.45. The van der Waals surface area contributed by atoms with Crippen LogP contribution in [0.3, 0.4) is 0 Å². The maximum absolute atomic E-state index is 9.60. The Balaban J connectivity index is 1.91. The molecule has 0 spiro atoms. The van der Waals surface area contributed by atoms with Gasteiger partial charge in [0.1, 0.15) is 0 Å². The van der Waals surface area contributed by atoms with Crippen LogP contribution in [0.5, 0.6) is 0 Å². The van der Waals surface area contributed by atoms with E-state index < -0.39 is 0 Å². The predicted molar refractivity (Wildman–Crippen MR) is 66.0 cm³/mol. The van der Waals surface area contributed by atoms with E-state index in [1.807, 2.05) is 0 Å². The van der Waals surface area contributed by atoms with Crippen molar-refractivity contribution in [2.75, 3.05) is 46.1 Å². The van der Waals surface area contributed by atoms with Crippen molar-refractivity contribution in [2.45, 2.75) is 32.3 Å². The normalized spacial score (nSPS) is 36.0. The van der Waals surface area contributed by atoms with E-state index in [4.69, 9.17) is 9.47 Å². The van der Waals surface area contributed by atoms with Crippen molar-refractivity contribution in [3.05, 3.63) is 0 Å². The summed E-state index contributed by atoms with van der Waals surface area (Å²) >= 11 is 0. The van der Waals surface area contributed by atoms with Gasteiger partial charge in [0.25, 0.3) is 0 Å². The molecular formula is C13H25NO3. The Morgan fingerprint density at radius 3 is 2.94 bits per heavy atom. The first-order valence-corrected chi connectivity index (χ1v) is 6.80. The van der Waals surface area contributed by atoms with Gasteiger partial charge in [-0.25, -0.2) is 0 Å². The number of ether oxygens (including phenoxy) is 2. The van der Waals surface area contributed by atoms with Gasteiger partial charge in [-0.1, -0.05) is 6.92 Å². The van der Waals surface area contributed by atoms with E-state index in [9.17, 15) is 5.11 Å². The van der Waals surface area contributed by atoms with Gasteiger partial charge in [0.15, 0.2) is 0 Å². The molecule has 0 saturated carbocycles. The molecule has 2 rings (SSSR count). The number of aliphatic hydroxyl groups excluding tert-OH is 1. The third kappa shape index (κ3) is 3.41. The number of rotatable bonds is 4. The summed E-state index contributed by atoms with van der Waals surface area (Å²) in [6.07, 6.45) is 3.51. The highest BCUT2D eigenvalue weighted by atomic mass is 16.5. The van der Waals surface area contributed by atoms with Gasteiger partial charge in [0, 0.05) is 38.3 Å². The van der Waals surface area contributed by atoms with E-state index in [1.165, 1.54) is 0 Å². The van der Waals surface area contributed by atoms with Gasteiger partial charge in [-0.2, -0.15) is 0 Å². The average Bonchev–Trinajstić information content (AvgIpc) is 2.69. The van der Waals surface area contributed by atoms with E-state index >= 15 is 0 Å². The summed E-state index contributed by atoms with van der Waals surface area (Å²) in [4.78, 5) is 2.45. The van der Waals surface area contributed by atoms with Crippen molar-refractivity contribution >= 4 is 0 Å². The van der Waals surface area contributed by atoms with Crippen LogP contribution >= 0.6 is 0 Å². The topological polar surface area (TPSA) is 41.9 Å². The molecule has 17 heavy (non-hydrogen) atoms. The molecule has 2 heterocycles.